The maximum Gasteiger partial charge on any atom is 0.321 e. The predicted octanol–water partition coefficient (Wildman–Crippen LogP) is 4.27. The molecule has 0 saturated carbocycles. The van der Waals surface area contributed by atoms with Crippen molar-refractivity contribution in [3.05, 3.63) is 59.7 Å². The van der Waals surface area contributed by atoms with E-state index < -0.39 is 0 Å². The normalized spacial score (nSPS) is 14.4. The van der Waals surface area contributed by atoms with Gasteiger partial charge in [-0.1, -0.05) is 19.1 Å². The van der Waals surface area contributed by atoms with Gasteiger partial charge in [0.1, 0.15) is 0 Å². The van der Waals surface area contributed by atoms with E-state index >= 15 is 0 Å². The summed E-state index contributed by atoms with van der Waals surface area (Å²) in [6.07, 6.45) is 0.851. The minimum atomic E-state index is -0.245. The second kappa shape index (κ2) is 9.20. The summed E-state index contributed by atoms with van der Waals surface area (Å²) in [5, 5.41) is 5.95. The van der Waals surface area contributed by atoms with Gasteiger partial charge in [-0.3, -0.25) is 4.79 Å². The Bertz CT molecular complexity index is 884. The van der Waals surface area contributed by atoms with Crippen molar-refractivity contribution in [2.75, 3.05) is 36.4 Å². The van der Waals surface area contributed by atoms with Gasteiger partial charge in [-0.25, -0.2) is 4.79 Å². The number of amides is 3. The minimum Gasteiger partial charge on any atom is -0.368 e. The lowest BCUT2D eigenvalue weighted by atomic mass is 10.0. The molecule has 2 aromatic carbocycles. The molecule has 0 bridgehead atoms. The van der Waals surface area contributed by atoms with E-state index in [4.69, 9.17) is 0 Å². The van der Waals surface area contributed by atoms with Crippen LogP contribution in [-0.2, 0) is 0 Å². The molecule has 2 aromatic rings. The van der Waals surface area contributed by atoms with E-state index in [1.165, 1.54) is 11.3 Å². The molecule has 0 spiro atoms. The Hall–Kier alpha value is -3.02. The van der Waals surface area contributed by atoms with E-state index in [0.29, 0.717) is 24.3 Å². The second-order valence-electron chi connectivity index (χ2n) is 8.51. The lowest BCUT2D eigenvalue weighted by Gasteiger charge is -2.36. The van der Waals surface area contributed by atoms with Crippen LogP contribution in [-0.4, -0.2) is 48.6 Å². The lowest BCUT2D eigenvalue weighted by Crippen LogP contribution is -2.50. The van der Waals surface area contributed by atoms with E-state index in [9.17, 15) is 9.59 Å². The van der Waals surface area contributed by atoms with Crippen LogP contribution < -0.4 is 15.5 Å². The average molecular weight is 409 g/mol. The van der Waals surface area contributed by atoms with Crippen molar-refractivity contribution in [2.45, 2.75) is 39.7 Å². The van der Waals surface area contributed by atoms with E-state index in [1.54, 1.807) is 24.3 Å². The van der Waals surface area contributed by atoms with Gasteiger partial charge < -0.3 is 20.4 Å². The first-order valence-corrected chi connectivity index (χ1v) is 10.6. The summed E-state index contributed by atoms with van der Waals surface area (Å²) in [7, 11) is 0. The molecule has 160 valence electrons. The first-order valence-electron chi connectivity index (χ1n) is 10.6. The highest BCUT2D eigenvalue weighted by Gasteiger charge is 2.22. The molecule has 6 nitrogen and oxygen atoms in total. The molecule has 0 unspecified atom stereocenters. The molecule has 30 heavy (non-hydrogen) atoms. The fourth-order valence-electron chi connectivity index (χ4n) is 3.37. The number of urea groups is 1. The van der Waals surface area contributed by atoms with Crippen molar-refractivity contribution < 1.29 is 9.59 Å². The van der Waals surface area contributed by atoms with Crippen molar-refractivity contribution in [3.63, 3.8) is 0 Å². The van der Waals surface area contributed by atoms with Crippen LogP contribution in [0.5, 0.6) is 0 Å². The van der Waals surface area contributed by atoms with Crippen molar-refractivity contribution in [1.29, 1.82) is 0 Å². The molecule has 1 aliphatic heterocycles. The molecule has 6 heteroatoms. The lowest BCUT2D eigenvalue weighted by molar-refractivity contribution is 0.0911. The van der Waals surface area contributed by atoms with Gasteiger partial charge in [-0.05, 0) is 69.2 Å². The quantitative estimate of drug-likeness (QED) is 0.777. The maximum absolute atomic E-state index is 12.6. The number of benzene rings is 2. The first kappa shape index (κ1) is 21.7. The minimum absolute atomic E-state index is 0.105. The zero-order valence-corrected chi connectivity index (χ0v) is 18.4. The summed E-state index contributed by atoms with van der Waals surface area (Å²) >= 11 is 0. The van der Waals surface area contributed by atoms with Gasteiger partial charge >= 0.3 is 6.03 Å². The highest BCUT2D eigenvalue weighted by molar-refractivity contribution is 5.96. The molecule has 3 amide bonds. The zero-order chi connectivity index (χ0) is 21.7. The molecule has 0 aromatic heterocycles. The molecule has 1 aliphatic rings. The number of nitrogens with zero attached hydrogens (tertiary/aromatic N) is 2. The Morgan fingerprint density at radius 3 is 2.27 bits per heavy atom. The predicted molar refractivity (Wildman–Crippen MR) is 122 cm³/mol. The Kier molecular flexibility index (Phi) is 6.65. The van der Waals surface area contributed by atoms with Gasteiger partial charge in [0, 0.05) is 48.7 Å². The molecule has 0 aliphatic carbocycles. The van der Waals surface area contributed by atoms with Crippen molar-refractivity contribution in [3.8, 4) is 0 Å². The van der Waals surface area contributed by atoms with Crippen LogP contribution in [0.15, 0.2) is 48.5 Å². The summed E-state index contributed by atoms with van der Waals surface area (Å²) in [6.45, 7) is 11.1. The van der Waals surface area contributed by atoms with Crippen LogP contribution in [0.1, 0.15) is 43.1 Å². The molecule has 1 fully saturated rings. The Labute approximate surface area is 179 Å². The molecular formula is C24H32N4O2. The number of carbonyl (C=O) groups is 2. The second-order valence-corrected chi connectivity index (χ2v) is 8.51. The fourth-order valence-corrected chi connectivity index (χ4v) is 3.37. The third-order valence-electron chi connectivity index (χ3n) is 5.67. The van der Waals surface area contributed by atoms with Crippen LogP contribution in [0.25, 0.3) is 0 Å². The molecule has 0 radical (unpaired) electrons. The van der Waals surface area contributed by atoms with Crippen LogP contribution in [0, 0.1) is 6.92 Å². The Balaban J connectivity index is 1.52. The van der Waals surface area contributed by atoms with E-state index in [-0.39, 0.29) is 17.5 Å². The van der Waals surface area contributed by atoms with E-state index in [2.05, 4.69) is 46.7 Å². The highest BCUT2D eigenvalue weighted by Crippen LogP contribution is 2.19. The molecule has 2 N–H and O–H groups in total. The van der Waals surface area contributed by atoms with Crippen LogP contribution >= 0.6 is 0 Å². The number of nitrogens with one attached hydrogen (secondary N) is 2. The highest BCUT2D eigenvalue weighted by atomic mass is 16.2. The summed E-state index contributed by atoms with van der Waals surface area (Å²) in [5.74, 6) is -0.105. The molecule has 3 rings (SSSR count). The number of aryl methyl sites for hydroxylation is 1. The van der Waals surface area contributed by atoms with Crippen LogP contribution in [0.3, 0.4) is 0 Å². The van der Waals surface area contributed by atoms with Crippen molar-refractivity contribution >= 4 is 23.3 Å². The van der Waals surface area contributed by atoms with E-state index in [0.717, 1.165) is 19.5 Å². The molecule has 0 atom stereocenters. The first-order chi connectivity index (χ1) is 14.3. The van der Waals surface area contributed by atoms with Gasteiger partial charge in [-0.2, -0.15) is 0 Å². The van der Waals surface area contributed by atoms with E-state index in [1.807, 2.05) is 25.7 Å². The van der Waals surface area contributed by atoms with Gasteiger partial charge in [0.15, 0.2) is 0 Å². The Morgan fingerprint density at radius 1 is 1.00 bits per heavy atom. The standard InChI is InChI=1S/C24H32N4O2/c1-5-24(3,4)26-22(29)19-9-11-20(12-10-19)25-23(30)28-15-13-27(14-16-28)21-8-6-7-18(2)17-21/h6-12,17H,5,13-16H2,1-4H3,(H,25,30)(H,26,29). The number of anilines is 2. The van der Waals surface area contributed by atoms with Crippen molar-refractivity contribution in [1.82, 2.24) is 10.2 Å². The van der Waals surface area contributed by atoms with Crippen LogP contribution in [0.2, 0.25) is 0 Å². The topological polar surface area (TPSA) is 64.7 Å². The summed E-state index contributed by atoms with van der Waals surface area (Å²) in [4.78, 5) is 29.1. The number of piperazine rings is 1. The summed E-state index contributed by atoms with van der Waals surface area (Å²) in [6, 6.07) is 15.4. The zero-order valence-electron chi connectivity index (χ0n) is 18.4. The fraction of sp³-hybridized carbons (Fsp3) is 0.417. The average Bonchev–Trinajstić information content (AvgIpc) is 2.74. The number of rotatable bonds is 5. The summed E-state index contributed by atoms with van der Waals surface area (Å²) in [5.41, 5.74) is 3.47. The van der Waals surface area contributed by atoms with Crippen LogP contribution in [0.4, 0.5) is 16.2 Å². The van der Waals surface area contributed by atoms with Gasteiger partial charge in [0.05, 0.1) is 0 Å². The number of hydrogen-bond donors (Lipinski definition) is 2. The third-order valence-corrected chi connectivity index (χ3v) is 5.67. The van der Waals surface area contributed by atoms with Crippen molar-refractivity contribution in [2.24, 2.45) is 0 Å². The van der Waals surface area contributed by atoms with Gasteiger partial charge in [-0.15, -0.1) is 0 Å². The molecule has 1 saturated heterocycles. The number of carbonyl (C=O) groups excluding carboxylic acids is 2. The summed E-state index contributed by atoms with van der Waals surface area (Å²) < 4.78 is 0. The van der Waals surface area contributed by atoms with Gasteiger partial charge in [0.25, 0.3) is 5.91 Å². The SMILES string of the molecule is CCC(C)(C)NC(=O)c1ccc(NC(=O)N2CCN(c3cccc(C)c3)CC2)cc1. The third kappa shape index (κ3) is 5.53. The largest absolute Gasteiger partial charge is 0.368 e. The Morgan fingerprint density at radius 2 is 1.67 bits per heavy atom. The number of hydrogen-bond acceptors (Lipinski definition) is 3. The molecular weight excluding hydrogens is 376 g/mol. The van der Waals surface area contributed by atoms with Gasteiger partial charge in [0.2, 0.25) is 0 Å². The maximum atomic E-state index is 12.6. The monoisotopic (exact) mass is 408 g/mol. The smallest absolute Gasteiger partial charge is 0.321 e. The molecule has 1 heterocycles.